The van der Waals surface area contributed by atoms with Gasteiger partial charge in [-0.2, -0.15) is 5.10 Å². The third kappa shape index (κ3) is 4.30. The molecule has 3 aromatic rings. The second-order valence-electron chi connectivity index (χ2n) is 8.35. The van der Waals surface area contributed by atoms with E-state index in [2.05, 4.69) is 5.10 Å². The van der Waals surface area contributed by atoms with Crippen molar-refractivity contribution in [3.05, 3.63) is 64.6 Å². The topological polar surface area (TPSA) is 73.7 Å². The zero-order chi connectivity index (χ0) is 23.1. The van der Waals surface area contributed by atoms with Crippen LogP contribution in [-0.4, -0.2) is 52.7 Å². The molecule has 2 aromatic carbocycles. The summed E-state index contributed by atoms with van der Waals surface area (Å²) in [6.07, 6.45) is 1.99. The average molecular weight is 470 g/mol. The van der Waals surface area contributed by atoms with Crippen molar-refractivity contribution in [2.75, 3.05) is 26.3 Å². The summed E-state index contributed by atoms with van der Waals surface area (Å²) >= 11 is 6.16. The molecule has 1 amide bonds. The van der Waals surface area contributed by atoms with Crippen molar-refractivity contribution in [1.29, 1.82) is 0 Å². The number of carbonyl (C=O) groups is 2. The number of halogens is 2. The van der Waals surface area contributed by atoms with E-state index in [1.807, 2.05) is 25.4 Å². The number of amides is 1. The number of aromatic nitrogens is 2. The van der Waals surface area contributed by atoms with Gasteiger partial charge in [-0.15, -0.1) is 0 Å². The second kappa shape index (κ2) is 8.51. The number of rotatable bonds is 5. The van der Waals surface area contributed by atoms with Gasteiger partial charge >= 0.3 is 0 Å². The first-order valence-electron chi connectivity index (χ1n) is 10.6. The average Bonchev–Trinajstić information content (AvgIpc) is 3.19. The molecule has 0 saturated carbocycles. The molecule has 2 aliphatic rings. The molecule has 5 rings (SSSR count). The van der Waals surface area contributed by atoms with E-state index in [0.29, 0.717) is 41.8 Å². The first-order chi connectivity index (χ1) is 15.9. The molecule has 7 nitrogen and oxygen atoms in total. The maximum atomic E-state index is 14.5. The van der Waals surface area contributed by atoms with Crippen LogP contribution in [0.25, 0.3) is 11.3 Å². The summed E-state index contributed by atoms with van der Waals surface area (Å²) in [5, 5.41) is 5.00. The number of Topliss-reactive ketones (excluding diaryl/α,β-unsaturated/α-hetero) is 1. The molecule has 1 saturated heterocycles. The number of likely N-dealkylation sites (tertiary alicyclic amines) is 1. The molecule has 1 aromatic heterocycles. The van der Waals surface area contributed by atoms with Crippen molar-refractivity contribution in [3.63, 3.8) is 0 Å². The fourth-order valence-electron chi connectivity index (χ4n) is 4.06. The van der Waals surface area contributed by atoms with E-state index in [0.717, 1.165) is 11.3 Å². The van der Waals surface area contributed by atoms with E-state index >= 15 is 0 Å². The highest BCUT2D eigenvalue weighted by Crippen LogP contribution is 2.33. The van der Waals surface area contributed by atoms with E-state index in [4.69, 9.17) is 21.1 Å². The van der Waals surface area contributed by atoms with Gasteiger partial charge in [0.25, 0.3) is 5.91 Å². The van der Waals surface area contributed by atoms with Crippen LogP contribution in [0, 0.1) is 11.7 Å². The number of carbonyl (C=O) groups excluding carboxylic acids is 2. The number of nitrogens with zero attached hydrogens (tertiary/aromatic N) is 3. The molecule has 33 heavy (non-hydrogen) atoms. The van der Waals surface area contributed by atoms with Gasteiger partial charge in [0.1, 0.15) is 23.9 Å². The van der Waals surface area contributed by atoms with Crippen LogP contribution >= 0.6 is 11.6 Å². The van der Waals surface area contributed by atoms with Gasteiger partial charge in [-0.1, -0.05) is 11.6 Å². The summed E-state index contributed by atoms with van der Waals surface area (Å²) in [4.78, 5) is 26.0. The summed E-state index contributed by atoms with van der Waals surface area (Å²) in [6, 6.07) is 9.87. The quantitative estimate of drug-likeness (QED) is 0.571. The van der Waals surface area contributed by atoms with Crippen LogP contribution in [0.2, 0.25) is 5.02 Å². The minimum atomic E-state index is -0.644. The smallest absolute Gasteiger partial charge is 0.256 e. The van der Waals surface area contributed by atoms with Crippen LogP contribution in [0.15, 0.2) is 42.6 Å². The van der Waals surface area contributed by atoms with Crippen molar-refractivity contribution in [3.8, 4) is 22.8 Å². The van der Waals surface area contributed by atoms with Gasteiger partial charge < -0.3 is 14.4 Å². The van der Waals surface area contributed by atoms with Crippen LogP contribution in [0.3, 0.4) is 0 Å². The Bertz CT molecular complexity index is 1250. The number of benzene rings is 2. The molecule has 0 atom stereocenters. The highest BCUT2D eigenvalue weighted by atomic mass is 35.5. The van der Waals surface area contributed by atoms with Crippen LogP contribution in [-0.2, 0) is 18.3 Å². The molecule has 2 aliphatic heterocycles. The Balaban J connectivity index is 1.22. The molecule has 0 radical (unpaired) electrons. The molecule has 0 aliphatic carbocycles. The molecule has 0 unspecified atom stereocenters. The molecule has 1 fully saturated rings. The van der Waals surface area contributed by atoms with Gasteiger partial charge in [0.2, 0.25) is 0 Å². The maximum absolute atomic E-state index is 14.5. The standard InChI is InChI=1S/C24H21ClFN3O4/c1-28-5-4-21(27-28)19-8-16(25)2-3-22(19)32-12-14-10-29(11-14)24(31)18-7-15-6-17(30)13-33-23(15)9-20(18)26/h2-5,7-9,14H,6,10-13H2,1H3. The van der Waals surface area contributed by atoms with Gasteiger partial charge in [0.05, 0.1) is 17.9 Å². The minimum absolute atomic E-state index is 0.0402. The van der Waals surface area contributed by atoms with E-state index in [1.54, 1.807) is 21.7 Å². The number of fused-ring (bicyclic) bond motifs is 1. The summed E-state index contributed by atoms with van der Waals surface area (Å²) in [5.74, 6) is -0.0366. The van der Waals surface area contributed by atoms with Crippen LogP contribution in [0.4, 0.5) is 4.39 Å². The lowest BCUT2D eigenvalue weighted by Gasteiger charge is -2.39. The van der Waals surface area contributed by atoms with Crippen LogP contribution < -0.4 is 9.47 Å². The molecule has 0 bridgehead atoms. The normalized spacial score (nSPS) is 15.6. The first-order valence-corrected chi connectivity index (χ1v) is 10.9. The molecular formula is C24H21ClFN3O4. The minimum Gasteiger partial charge on any atom is -0.492 e. The Morgan fingerprint density at radius 3 is 2.85 bits per heavy atom. The zero-order valence-electron chi connectivity index (χ0n) is 17.9. The van der Waals surface area contributed by atoms with E-state index in [-0.39, 0.29) is 30.3 Å². The monoisotopic (exact) mass is 469 g/mol. The van der Waals surface area contributed by atoms with Crippen molar-refractivity contribution >= 4 is 23.3 Å². The third-order valence-corrected chi connectivity index (χ3v) is 6.04. The van der Waals surface area contributed by atoms with E-state index in [9.17, 15) is 14.0 Å². The van der Waals surface area contributed by atoms with Gasteiger partial charge in [-0.25, -0.2) is 4.39 Å². The second-order valence-corrected chi connectivity index (χ2v) is 8.78. The summed E-state index contributed by atoms with van der Waals surface area (Å²) in [7, 11) is 1.84. The lowest BCUT2D eigenvalue weighted by atomic mass is 9.97. The van der Waals surface area contributed by atoms with E-state index < -0.39 is 11.7 Å². The molecular weight excluding hydrogens is 449 g/mol. The first kappa shape index (κ1) is 21.5. The van der Waals surface area contributed by atoms with Crippen LogP contribution in [0.1, 0.15) is 15.9 Å². The van der Waals surface area contributed by atoms with Crippen molar-refractivity contribution in [1.82, 2.24) is 14.7 Å². The lowest BCUT2D eigenvalue weighted by molar-refractivity contribution is -0.121. The number of hydrogen-bond donors (Lipinski definition) is 0. The van der Waals surface area contributed by atoms with Crippen molar-refractivity contribution in [2.45, 2.75) is 6.42 Å². The lowest BCUT2D eigenvalue weighted by Crippen LogP contribution is -2.52. The Morgan fingerprint density at radius 2 is 2.09 bits per heavy atom. The molecule has 9 heteroatoms. The number of ketones is 1. The predicted octanol–water partition coefficient (Wildman–Crippen LogP) is 3.53. The van der Waals surface area contributed by atoms with Crippen molar-refractivity contribution in [2.24, 2.45) is 13.0 Å². The van der Waals surface area contributed by atoms with E-state index in [1.165, 1.54) is 12.1 Å². The van der Waals surface area contributed by atoms with Gasteiger partial charge in [-0.05, 0) is 30.3 Å². The fraction of sp³-hybridized carbons (Fsp3) is 0.292. The Kier molecular flexibility index (Phi) is 5.54. The third-order valence-electron chi connectivity index (χ3n) is 5.81. The zero-order valence-corrected chi connectivity index (χ0v) is 18.6. The van der Waals surface area contributed by atoms with Gasteiger partial charge in [0.15, 0.2) is 5.78 Å². The fourth-order valence-corrected chi connectivity index (χ4v) is 4.24. The molecule has 0 spiro atoms. The summed E-state index contributed by atoms with van der Waals surface area (Å²) < 4.78 is 27.5. The van der Waals surface area contributed by atoms with Gasteiger partial charge in [-0.3, -0.25) is 14.3 Å². The summed E-state index contributed by atoms with van der Waals surface area (Å²) in [5.41, 5.74) is 2.05. The highest BCUT2D eigenvalue weighted by Gasteiger charge is 2.34. The Hall–Kier alpha value is -3.39. The number of ether oxygens (including phenoxy) is 2. The van der Waals surface area contributed by atoms with Gasteiger partial charge in [0, 0.05) is 60.9 Å². The molecule has 3 heterocycles. The molecule has 0 N–H and O–H groups in total. The Morgan fingerprint density at radius 1 is 1.27 bits per heavy atom. The largest absolute Gasteiger partial charge is 0.492 e. The molecule has 170 valence electrons. The summed E-state index contributed by atoms with van der Waals surface area (Å²) in [6.45, 7) is 1.25. The van der Waals surface area contributed by atoms with Crippen LogP contribution in [0.5, 0.6) is 11.5 Å². The number of aryl methyl sites for hydroxylation is 1. The SMILES string of the molecule is Cn1ccc(-c2cc(Cl)ccc2OCC2CN(C(=O)c3cc4c(cc3F)OCC(=O)C4)C2)n1. The van der Waals surface area contributed by atoms with Crippen molar-refractivity contribution < 1.29 is 23.5 Å². The highest BCUT2D eigenvalue weighted by molar-refractivity contribution is 6.31. The Labute approximate surface area is 194 Å². The number of hydrogen-bond acceptors (Lipinski definition) is 5. The predicted molar refractivity (Wildman–Crippen MR) is 119 cm³/mol. The maximum Gasteiger partial charge on any atom is 0.256 e.